The summed E-state index contributed by atoms with van der Waals surface area (Å²) in [6.07, 6.45) is 2.42. The third kappa shape index (κ3) is 1.69. The molecule has 2 rings (SSSR count). The average Bonchev–Trinajstić information content (AvgIpc) is 2.56. The number of rotatable bonds is 4. The Hall–Kier alpha value is -2.10. The maximum atomic E-state index is 11.5. The van der Waals surface area contributed by atoms with Crippen molar-refractivity contribution in [3.8, 4) is 5.75 Å². The maximum absolute atomic E-state index is 11.5. The lowest BCUT2D eigenvalue weighted by Crippen LogP contribution is -2.20. The van der Waals surface area contributed by atoms with Crippen molar-refractivity contribution in [3.63, 3.8) is 0 Å². The Balaban J connectivity index is 2.30. The molecule has 1 N–H and O–H groups in total. The second kappa shape index (κ2) is 4.18. The standard InChI is InChI=1S/C12H11NO3/c1-2-3-7-16-9-6-4-5-8-10(9)12(15)13-11(8)14/h2,4-6H,1,3,7H2,(H,13,14,15). The molecule has 0 aromatic heterocycles. The normalized spacial score (nSPS) is 13.2. The van der Waals surface area contributed by atoms with E-state index < -0.39 is 5.91 Å². The van der Waals surface area contributed by atoms with Crippen LogP contribution in [0, 0.1) is 0 Å². The molecule has 0 radical (unpaired) electrons. The van der Waals surface area contributed by atoms with Gasteiger partial charge in [-0.2, -0.15) is 0 Å². The van der Waals surface area contributed by atoms with Crippen LogP contribution in [0.2, 0.25) is 0 Å². The van der Waals surface area contributed by atoms with Gasteiger partial charge in [-0.15, -0.1) is 6.58 Å². The third-order valence-electron chi connectivity index (χ3n) is 2.30. The molecule has 0 saturated heterocycles. The number of hydrogen-bond donors (Lipinski definition) is 1. The number of benzene rings is 1. The van der Waals surface area contributed by atoms with Crippen LogP contribution in [0.3, 0.4) is 0 Å². The molecule has 1 aromatic carbocycles. The summed E-state index contributed by atoms with van der Waals surface area (Å²) in [5, 5.41) is 2.24. The molecule has 1 aromatic rings. The number of fused-ring (bicyclic) bond motifs is 1. The van der Waals surface area contributed by atoms with Crippen LogP contribution in [-0.2, 0) is 0 Å². The molecule has 2 amide bonds. The molecule has 0 aliphatic carbocycles. The predicted octanol–water partition coefficient (Wildman–Crippen LogP) is 1.53. The van der Waals surface area contributed by atoms with Gasteiger partial charge < -0.3 is 4.74 Å². The van der Waals surface area contributed by atoms with E-state index in [1.165, 1.54) is 0 Å². The van der Waals surface area contributed by atoms with Crippen molar-refractivity contribution in [2.75, 3.05) is 6.61 Å². The zero-order valence-electron chi connectivity index (χ0n) is 8.66. The third-order valence-corrected chi connectivity index (χ3v) is 2.30. The molecule has 0 bridgehead atoms. The first-order valence-corrected chi connectivity index (χ1v) is 4.96. The molecule has 0 spiro atoms. The first-order chi connectivity index (χ1) is 7.74. The fraction of sp³-hybridized carbons (Fsp3) is 0.167. The summed E-state index contributed by atoms with van der Waals surface area (Å²) >= 11 is 0. The highest BCUT2D eigenvalue weighted by Gasteiger charge is 2.29. The van der Waals surface area contributed by atoms with Crippen LogP contribution in [-0.4, -0.2) is 18.4 Å². The van der Waals surface area contributed by atoms with Gasteiger partial charge in [0.05, 0.1) is 17.7 Å². The predicted molar refractivity (Wildman–Crippen MR) is 58.5 cm³/mol. The van der Waals surface area contributed by atoms with Crippen LogP contribution in [0.25, 0.3) is 0 Å². The largest absolute Gasteiger partial charge is 0.492 e. The van der Waals surface area contributed by atoms with E-state index in [0.29, 0.717) is 29.9 Å². The number of amides is 2. The molecule has 0 fully saturated rings. The molecule has 4 heteroatoms. The average molecular weight is 217 g/mol. The number of imide groups is 1. The van der Waals surface area contributed by atoms with Gasteiger partial charge in [-0.25, -0.2) is 0 Å². The van der Waals surface area contributed by atoms with Gasteiger partial charge in [-0.1, -0.05) is 12.1 Å². The highest BCUT2D eigenvalue weighted by molar-refractivity contribution is 6.22. The lowest BCUT2D eigenvalue weighted by Gasteiger charge is -2.07. The van der Waals surface area contributed by atoms with Gasteiger partial charge in [-0.05, 0) is 18.6 Å². The topological polar surface area (TPSA) is 55.4 Å². The minimum Gasteiger partial charge on any atom is -0.492 e. The van der Waals surface area contributed by atoms with Crippen molar-refractivity contribution in [1.29, 1.82) is 0 Å². The van der Waals surface area contributed by atoms with Crippen LogP contribution in [0.15, 0.2) is 30.9 Å². The summed E-state index contributed by atoms with van der Waals surface area (Å²) in [4.78, 5) is 22.9. The van der Waals surface area contributed by atoms with Crippen LogP contribution in [0.1, 0.15) is 27.1 Å². The fourth-order valence-corrected chi connectivity index (χ4v) is 1.56. The summed E-state index contributed by atoms with van der Waals surface area (Å²) in [5.74, 6) is -0.314. The monoisotopic (exact) mass is 217 g/mol. The first-order valence-electron chi connectivity index (χ1n) is 4.96. The maximum Gasteiger partial charge on any atom is 0.262 e. The summed E-state index contributed by atoms with van der Waals surface area (Å²) in [6.45, 7) is 4.02. The van der Waals surface area contributed by atoms with Gasteiger partial charge in [0.1, 0.15) is 5.75 Å². The quantitative estimate of drug-likeness (QED) is 0.472. The van der Waals surface area contributed by atoms with Crippen molar-refractivity contribution in [1.82, 2.24) is 5.32 Å². The molecule has 0 unspecified atom stereocenters. The molecule has 1 aliphatic heterocycles. The second-order valence-electron chi connectivity index (χ2n) is 3.39. The Kier molecular flexibility index (Phi) is 2.72. The summed E-state index contributed by atoms with van der Waals surface area (Å²) in [7, 11) is 0. The molecule has 4 nitrogen and oxygen atoms in total. The zero-order valence-corrected chi connectivity index (χ0v) is 8.66. The van der Waals surface area contributed by atoms with E-state index >= 15 is 0 Å². The fourth-order valence-electron chi connectivity index (χ4n) is 1.56. The van der Waals surface area contributed by atoms with Gasteiger partial charge in [0.2, 0.25) is 0 Å². The van der Waals surface area contributed by atoms with Gasteiger partial charge in [0.25, 0.3) is 11.8 Å². The SMILES string of the molecule is C=CCCOc1cccc2c1C(=O)NC2=O. The van der Waals surface area contributed by atoms with Crippen molar-refractivity contribution in [3.05, 3.63) is 42.0 Å². The Morgan fingerprint density at radius 3 is 2.88 bits per heavy atom. The Bertz CT molecular complexity index is 465. The molecule has 0 atom stereocenters. The van der Waals surface area contributed by atoms with E-state index in [9.17, 15) is 9.59 Å². The lowest BCUT2D eigenvalue weighted by atomic mass is 10.1. The lowest BCUT2D eigenvalue weighted by molar-refractivity contribution is 0.0878. The number of nitrogens with one attached hydrogen (secondary N) is 1. The van der Waals surface area contributed by atoms with Crippen molar-refractivity contribution in [2.45, 2.75) is 6.42 Å². The van der Waals surface area contributed by atoms with E-state index in [1.54, 1.807) is 24.3 Å². The van der Waals surface area contributed by atoms with Crippen molar-refractivity contribution in [2.24, 2.45) is 0 Å². The summed E-state index contributed by atoms with van der Waals surface area (Å²) < 4.78 is 5.42. The number of ether oxygens (including phenoxy) is 1. The number of carbonyl (C=O) groups is 2. The highest BCUT2D eigenvalue weighted by atomic mass is 16.5. The van der Waals surface area contributed by atoms with E-state index in [4.69, 9.17) is 4.74 Å². The minimum atomic E-state index is -0.394. The highest BCUT2D eigenvalue weighted by Crippen LogP contribution is 2.26. The minimum absolute atomic E-state index is 0.330. The van der Waals surface area contributed by atoms with Crippen molar-refractivity contribution < 1.29 is 14.3 Å². The van der Waals surface area contributed by atoms with E-state index in [1.807, 2.05) is 0 Å². The summed E-state index contributed by atoms with van der Waals surface area (Å²) in [5.41, 5.74) is 0.706. The molecule has 0 saturated carbocycles. The van der Waals surface area contributed by atoms with Gasteiger partial charge in [-0.3, -0.25) is 14.9 Å². The van der Waals surface area contributed by atoms with Gasteiger partial charge in [0.15, 0.2) is 0 Å². The molecular formula is C12H11NO3. The molecule has 16 heavy (non-hydrogen) atoms. The number of carbonyl (C=O) groups excluding carboxylic acids is 2. The van der Waals surface area contributed by atoms with Crippen LogP contribution >= 0.6 is 0 Å². The zero-order chi connectivity index (χ0) is 11.5. The summed E-state index contributed by atoms with van der Waals surface area (Å²) in [6, 6.07) is 4.98. The smallest absolute Gasteiger partial charge is 0.262 e. The number of hydrogen-bond acceptors (Lipinski definition) is 3. The van der Waals surface area contributed by atoms with E-state index in [0.717, 1.165) is 0 Å². The van der Waals surface area contributed by atoms with Crippen LogP contribution in [0.4, 0.5) is 0 Å². The molecule has 1 heterocycles. The van der Waals surface area contributed by atoms with Gasteiger partial charge >= 0.3 is 0 Å². The van der Waals surface area contributed by atoms with Gasteiger partial charge in [0, 0.05) is 0 Å². The molecular weight excluding hydrogens is 206 g/mol. The van der Waals surface area contributed by atoms with Crippen LogP contribution < -0.4 is 10.1 Å². The first kappa shape index (κ1) is 10.4. The Morgan fingerprint density at radius 2 is 2.12 bits per heavy atom. The molecule has 82 valence electrons. The van der Waals surface area contributed by atoms with E-state index in [2.05, 4.69) is 11.9 Å². The molecule has 1 aliphatic rings. The Morgan fingerprint density at radius 1 is 1.31 bits per heavy atom. The Labute approximate surface area is 92.9 Å². The van der Waals surface area contributed by atoms with E-state index in [-0.39, 0.29) is 5.91 Å². The van der Waals surface area contributed by atoms with Crippen molar-refractivity contribution >= 4 is 11.8 Å². The second-order valence-corrected chi connectivity index (χ2v) is 3.39. The van der Waals surface area contributed by atoms with Crippen LogP contribution in [0.5, 0.6) is 5.75 Å².